The molecule has 0 aromatic heterocycles. The van der Waals surface area contributed by atoms with Crippen LogP contribution in [-0.2, 0) is 11.3 Å². The first-order valence-corrected chi connectivity index (χ1v) is 9.25. The number of hydrogen-bond acceptors (Lipinski definition) is 5. The SMILES string of the molecule is O=C(/C(CN1CCN(Cc2ccccc2)CC1)=N\O)N1CCCCC1. The van der Waals surface area contributed by atoms with Crippen molar-refractivity contribution < 1.29 is 10.0 Å². The molecule has 2 aliphatic rings. The van der Waals surface area contributed by atoms with Crippen LogP contribution in [0.25, 0.3) is 0 Å². The summed E-state index contributed by atoms with van der Waals surface area (Å²) in [4.78, 5) is 19.0. The van der Waals surface area contributed by atoms with Gasteiger partial charge < -0.3 is 10.1 Å². The van der Waals surface area contributed by atoms with Crippen LogP contribution in [0.2, 0.25) is 0 Å². The summed E-state index contributed by atoms with van der Waals surface area (Å²) in [6.45, 7) is 6.66. The number of piperazine rings is 1. The molecule has 2 heterocycles. The van der Waals surface area contributed by atoms with Gasteiger partial charge in [0.2, 0.25) is 0 Å². The first-order valence-electron chi connectivity index (χ1n) is 9.25. The molecule has 1 N–H and O–H groups in total. The quantitative estimate of drug-likeness (QED) is 0.501. The van der Waals surface area contributed by atoms with Gasteiger partial charge >= 0.3 is 0 Å². The van der Waals surface area contributed by atoms with E-state index < -0.39 is 0 Å². The fourth-order valence-electron chi connectivity index (χ4n) is 3.58. The molecule has 6 nitrogen and oxygen atoms in total. The number of carbonyl (C=O) groups excluding carboxylic acids is 1. The molecule has 6 heteroatoms. The smallest absolute Gasteiger partial charge is 0.273 e. The molecule has 0 spiro atoms. The average molecular weight is 344 g/mol. The topological polar surface area (TPSA) is 59.4 Å². The van der Waals surface area contributed by atoms with Crippen molar-refractivity contribution in [2.45, 2.75) is 25.8 Å². The molecular formula is C19H28N4O2. The van der Waals surface area contributed by atoms with Crippen molar-refractivity contribution >= 4 is 11.6 Å². The third kappa shape index (κ3) is 5.03. The van der Waals surface area contributed by atoms with Gasteiger partial charge in [0.05, 0.1) is 0 Å². The van der Waals surface area contributed by atoms with E-state index in [0.29, 0.717) is 6.54 Å². The van der Waals surface area contributed by atoms with Crippen LogP contribution < -0.4 is 0 Å². The Hall–Kier alpha value is -1.92. The van der Waals surface area contributed by atoms with Gasteiger partial charge in [0, 0.05) is 52.4 Å². The molecule has 1 aromatic carbocycles. The zero-order chi connectivity index (χ0) is 17.5. The normalized spacial score (nSPS) is 20.6. The Morgan fingerprint density at radius 1 is 0.920 bits per heavy atom. The summed E-state index contributed by atoms with van der Waals surface area (Å²) in [5, 5.41) is 12.6. The van der Waals surface area contributed by atoms with E-state index in [1.54, 1.807) is 0 Å². The van der Waals surface area contributed by atoms with Crippen molar-refractivity contribution in [3.05, 3.63) is 35.9 Å². The van der Waals surface area contributed by atoms with E-state index in [9.17, 15) is 10.0 Å². The van der Waals surface area contributed by atoms with Crippen molar-refractivity contribution in [1.82, 2.24) is 14.7 Å². The Kier molecular flexibility index (Phi) is 6.42. The molecule has 1 aromatic rings. The van der Waals surface area contributed by atoms with Crippen molar-refractivity contribution in [3.8, 4) is 0 Å². The summed E-state index contributed by atoms with van der Waals surface area (Å²) < 4.78 is 0. The van der Waals surface area contributed by atoms with E-state index in [4.69, 9.17) is 0 Å². The van der Waals surface area contributed by atoms with Gasteiger partial charge in [-0.15, -0.1) is 0 Å². The minimum absolute atomic E-state index is 0.103. The van der Waals surface area contributed by atoms with E-state index >= 15 is 0 Å². The highest BCUT2D eigenvalue weighted by Gasteiger charge is 2.25. The fraction of sp³-hybridized carbons (Fsp3) is 0.579. The molecule has 0 unspecified atom stereocenters. The summed E-state index contributed by atoms with van der Waals surface area (Å²) >= 11 is 0. The van der Waals surface area contributed by atoms with Crippen molar-refractivity contribution in [1.29, 1.82) is 0 Å². The summed E-state index contributed by atoms with van der Waals surface area (Å²) in [6.07, 6.45) is 3.27. The summed E-state index contributed by atoms with van der Waals surface area (Å²) in [5.74, 6) is -0.103. The minimum Gasteiger partial charge on any atom is -0.410 e. The van der Waals surface area contributed by atoms with E-state index in [1.807, 2.05) is 11.0 Å². The zero-order valence-electron chi connectivity index (χ0n) is 14.8. The maximum Gasteiger partial charge on any atom is 0.273 e. The average Bonchev–Trinajstić information content (AvgIpc) is 2.68. The predicted molar refractivity (Wildman–Crippen MR) is 97.8 cm³/mol. The molecule has 25 heavy (non-hydrogen) atoms. The van der Waals surface area contributed by atoms with E-state index in [1.165, 1.54) is 12.0 Å². The minimum atomic E-state index is -0.103. The van der Waals surface area contributed by atoms with Gasteiger partial charge in [0.25, 0.3) is 5.91 Å². The van der Waals surface area contributed by atoms with E-state index in [2.05, 4.69) is 39.2 Å². The molecular weight excluding hydrogens is 316 g/mol. The molecule has 0 saturated carbocycles. The number of hydrogen-bond donors (Lipinski definition) is 1. The number of piperidine rings is 1. The van der Waals surface area contributed by atoms with Crippen LogP contribution in [0.15, 0.2) is 35.5 Å². The number of carbonyl (C=O) groups is 1. The monoisotopic (exact) mass is 344 g/mol. The number of nitrogens with zero attached hydrogens (tertiary/aromatic N) is 4. The molecule has 1 amide bonds. The lowest BCUT2D eigenvalue weighted by atomic mass is 10.1. The van der Waals surface area contributed by atoms with Crippen LogP contribution in [0.4, 0.5) is 0 Å². The van der Waals surface area contributed by atoms with E-state index in [0.717, 1.165) is 58.7 Å². The zero-order valence-corrected chi connectivity index (χ0v) is 14.8. The van der Waals surface area contributed by atoms with E-state index in [-0.39, 0.29) is 11.6 Å². The van der Waals surface area contributed by atoms with Crippen LogP contribution >= 0.6 is 0 Å². The van der Waals surface area contributed by atoms with Crippen LogP contribution in [0, 0.1) is 0 Å². The second-order valence-corrected chi connectivity index (χ2v) is 6.94. The summed E-state index contributed by atoms with van der Waals surface area (Å²) in [7, 11) is 0. The second kappa shape index (κ2) is 8.97. The van der Waals surface area contributed by atoms with Gasteiger partial charge in [0.15, 0.2) is 5.71 Å². The maximum atomic E-state index is 12.5. The Morgan fingerprint density at radius 3 is 2.20 bits per heavy atom. The molecule has 2 saturated heterocycles. The first-order chi connectivity index (χ1) is 12.3. The number of amides is 1. The molecule has 2 aliphatic heterocycles. The molecule has 3 rings (SSSR count). The van der Waals surface area contributed by atoms with Crippen molar-refractivity contribution in [2.24, 2.45) is 5.16 Å². The highest BCUT2D eigenvalue weighted by molar-refractivity contribution is 6.39. The van der Waals surface area contributed by atoms with Crippen molar-refractivity contribution in [3.63, 3.8) is 0 Å². The third-order valence-corrected chi connectivity index (χ3v) is 5.10. The van der Waals surface area contributed by atoms with Crippen molar-refractivity contribution in [2.75, 3.05) is 45.8 Å². The van der Waals surface area contributed by atoms with Gasteiger partial charge in [-0.2, -0.15) is 0 Å². The number of benzene rings is 1. The number of rotatable bonds is 5. The lowest BCUT2D eigenvalue weighted by molar-refractivity contribution is -0.125. The van der Waals surface area contributed by atoms with Gasteiger partial charge in [-0.25, -0.2) is 0 Å². The maximum absolute atomic E-state index is 12.5. The highest BCUT2D eigenvalue weighted by atomic mass is 16.4. The van der Waals surface area contributed by atoms with Gasteiger partial charge in [0.1, 0.15) is 0 Å². The molecule has 2 fully saturated rings. The molecule has 136 valence electrons. The Bertz CT molecular complexity index is 576. The van der Waals surface area contributed by atoms with Gasteiger partial charge in [-0.1, -0.05) is 35.5 Å². The Labute approximate surface area is 149 Å². The Morgan fingerprint density at radius 2 is 1.56 bits per heavy atom. The third-order valence-electron chi connectivity index (χ3n) is 5.10. The molecule has 0 atom stereocenters. The molecule has 0 bridgehead atoms. The predicted octanol–water partition coefficient (Wildman–Crippen LogP) is 1.65. The summed E-state index contributed by atoms with van der Waals surface area (Å²) in [5.41, 5.74) is 1.60. The van der Waals surface area contributed by atoms with Crippen LogP contribution in [0.3, 0.4) is 0 Å². The van der Waals surface area contributed by atoms with Gasteiger partial charge in [-0.3, -0.25) is 14.6 Å². The van der Waals surface area contributed by atoms with Gasteiger partial charge in [-0.05, 0) is 24.8 Å². The summed E-state index contributed by atoms with van der Waals surface area (Å²) in [6, 6.07) is 10.5. The highest BCUT2D eigenvalue weighted by Crippen LogP contribution is 2.11. The Balaban J connectivity index is 1.46. The van der Waals surface area contributed by atoms with Crippen LogP contribution in [-0.4, -0.2) is 77.3 Å². The largest absolute Gasteiger partial charge is 0.410 e. The molecule has 0 radical (unpaired) electrons. The standard InChI is InChI=1S/C19H28N4O2/c24-19(23-9-5-2-6-10-23)18(20-25)16-22-13-11-21(12-14-22)15-17-7-3-1-4-8-17/h1,3-4,7-8,25H,2,5-6,9-16H2/b20-18-. The molecule has 0 aliphatic carbocycles. The number of oxime groups is 1. The fourth-order valence-corrected chi connectivity index (χ4v) is 3.58. The number of likely N-dealkylation sites (tertiary alicyclic amines) is 1. The second-order valence-electron chi connectivity index (χ2n) is 6.94. The van der Waals surface area contributed by atoms with Crippen LogP contribution in [0.1, 0.15) is 24.8 Å². The lowest BCUT2D eigenvalue weighted by Gasteiger charge is -2.35. The van der Waals surface area contributed by atoms with Crippen LogP contribution in [0.5, 0.6) is 0 Å². The lowest BCUT2D eigenvalue weighted by Crippen LogP contribution is -2.50. The first kappa shape index (κ1) is 17.9.